The van der Waals surface area contributed by atoms with Gasteiger partial charge < -0.3 is 14.2 Å². The van der Waals surface area contributed by atoms with Gasteiger partial charge in [0.25, 0.3) is 5.91 Å². The lowest BCUT2D eigenvalue weighted by Crippen LogP contribution is -2.35. The topological polar surface area (TPSA) is 72.4 Å². The summed E-state index contributed by atoms with van der Waals surface area (Å²) in [5.74, 6) is 0.982. The van der Waals surface area contributed by atoms with Gasteiger partial charge in [-0.15, -0.1) is 0 Å². The number of ether oxygens (including phenoxy) is 3. The van der Waals surface area contributed by atoms with Crippen LogP contribution in [0.4, 0.5) is 0 Å². The summed E-state index contributed by atoms with van der Waals surface area (Å²) in [6.07, 6.45) is 1.58. The molecule has 1 aliphatic heterocycles. The second-order valence-corrected chi connectivity index (χ2v) is 7.97. The van der Waals surface area contributed by atoms with Gasteiger partial charge >= 0.3 is 0 Å². The van der Waals surface area contributed by atoms with E-state index in [-0.39, 0.29) is 5.91 Å². The van der Waals surface area contributed by atoms with Crippen LogP contribution in [0.25, 0.3) is 0 Å². The molecule has 1 amide bonds. The first kappa shape index (κ1) is 23.5. The number of carbonyl (C=O) groups is 1. The van der Waals surface area contributed by atoms with Gasteiger partial charge in [0.1, 0.15) is 6.61 Å². The molecule has 0 spiro atoms. The van der Waals surface area contributed by atoms with Crippen molar-refractivity contribution in [1.82, 2.24) is 10.3 Å². The van der Waals surface area contributed by atoms with Crippen molar-refractivity contribution in [3.63, 3.8) is 0 Å². The third kappa shape index (κ3) is 6.66. The number of hydrogen-bond acceptors (Lipinski definition) is 6. The summed E-state index contributed by atoms with van der Waals surface area (Å²) in [6.45, 7) is 4.72. The molecule has 0 atom stereocenters. The highest BCUT2D eigenvalue weighted by Crippen LogP contribution is 2.28. The van der Waals surface area contributed by atoms with Crippen LogP contribution in [0.2, 0.25) is 0 Å². The molecule has 0 aromatic heterocycles. The van der Waals surface area contributed by atoms with Crippen molar-refractivity contribution >= 4 is 12.1 Å². The van der Waals surface area contributed by atoms with E-state index in [4.69, 9.17) is 14.2 Å². The number of carbonyl (C=O) groups excluding carboxylic acids is 1. The normalized spacial score (nSPS) is 14.1. The minimum atomic E-state index is -0.260. The number of benzene rings is 3. The summed E-state index contributed by atoms with van der Waals surface area (Å²) in [5.41, 5.74) is 6.17. The average Bonchev–Trinajstić information content (AvgIpc) is 2.89. The quantitative estimate of drug-likeness (QED) is 0.389. The van der Waals surface area contributed by atoms with Crippen molar-refractivity contribution in [2.24, 2.45) is 5.10 Å². The highest BCUT2D eigenvalue weighted by atomic mass is 16.5. The van der Waals surface area contributed by atoms with Crippen LogP contribution >= 0.6 is 0 Å². The monoisotopic (exact) mass is 459 g/mol. The maximum Gasteiger partial charge on any atom is 0.271 e. The number of methoxy groups -OCH3 is 1. The molecule has 7 heteroatoms. The minimum absolute atomic E-state index is 0.260. The van der Waals surface area contributed by atoms with Gasteiger partial charge in [-0.3, -0.25) is 9.69 Å². The first-order valence-corrected chi connectivity index (χ1v) is 11.3. The average molecular weight is 460 g/mol. The second-order valence-electron chi connectivity index (χ2n) is 7.97. The van der Waals surface area contributed by atoms with Crippen LogP contribution in [0.1, 0.15) is 27.0 Å². The van der Waals surface area contributed by atoms with E-state index in [0.29, 0.717) is 23.7 Å². The van der Waals surface area contributed by atoms with E-state index in [9.17, 15) is 4.79 Å². The molecule has 4 rings (SSSR count). The van der Waals surface area contributed by atoms with E-state index in [0.717, 1.165) is 44.0 Å². The molecule has 3 aromatic rings. The summed E-state index contributed by atoms with van der Waals surface area (Å²) in [7, 11) is 1.59. The molecule has 1 fully saturated rings. The maximum absolute atomic E-state index is 12.4. The Bertz CT molecular complexity index is 1090. The molecule has 1 aliphatic rings. The van der Waals surface area contributed by atoms with Gasteiger partial charge in [0, 0.05) is 25.2 Å². The lowest BCUT2D eigenvalue weighted by Gasteiger charge is -2.26. The third-order valence-electron chi connectivity index (χ3n) is 5.53. The van der Waals surface area contributed by atoms with Gasteiger partial charge in [0.2, 0.25) is 0 Å². The fraction of sp³-hybridized carbons (Fsp3) is 0.259. The lowest BCUT2D eigenvalue weighted by atomic mass is 10.1. The zero-order valence-electron chi connectivity index (χ0n) is 19.3. The van der Waals surface area contributed by atoms with Crippen LogP contribution in [0.3, 0.4) is 0 Å². The zero-order valence-corrected chi connectivity index (χ0v) is 19.3. The smallest absolute Gasteiger partial charge is 0.271 e. The van der Waals surface area contributed by atoms with Gasteiger partial charge in [-0.1, -0.05) is 42.5 Å². The number of hydrazone groups is 1. The summed E-state index contributed by atoms with van der Waals surface area (Å²) in [6, 6.07) is 23.0. The number of amides is 1. The SMILES string of the molecule is COc1cc(/C=N\NC(=O)c2ccc(CN3CCOCC3)cc2)ccc1OCc1ccccc1. The predicted octanol–water partition coefficient (Wildman–Crippen LogP) is 3.87. The summed E-state index contributed by atoms with van der Waals surface area (Å²) in [5, 5.41) is 4.09. The molecule has 0 bridgehead atoms. The Morgan fingerprint density at radius 3 is 2.50 bits per heavy atom. The number of rotatable bonds is 9. The molecule has 0 saturated carbocycles. The van der Waals surface area contributed by atoms with Gasteiger partial charge in [-0.2, -0.15) is 5.10 Å². The number of nitrogens with one attached hydrogen (secondary N) is 1. The molecular weight excluding hydrogens is 430 g/mol. The van der Waals surface area contributed by atoms with Crippen LogP contribution in [0.5, 0.6) is 11.5 Å². The largest absolute Gasteiger partial charge is 0.493 e. The Balaban J connectivity index is 1.30. The Morgan fingerprint density at radius 1 is 1.00 bits per heavy atom. The molecule has 0 radical (unpaired) electrons. The molecular formula is C27H29N3O4. The number of morpholine rings is 1. The molecule has 3 aromatic carbocycles. The number of hydrogen-bond donors (Lipinski definition) is 1. The highest BCUT2D eigenvalue weighted by molar-refractivity contribution is 5.94. The Hall–Kier alpha value is -3.68. The molecule has 0 aliphatic carbocycles. The van der Waals surface area contributed by atoms with E-state index in [2.05, 4.69) is 15.4 Å². The summed E-state index contributed by atoms with van der Waals surface area (Å²) >= 11 is 0. The van der Waals surface area contributed by atoms with E-state index in [1.165, 1.54) is 5.56 Å². The van der Waals surface area contributed by atoms with Crippen LogP contribution in [0.15, 0.2) is 77.9 Å². The molecule has 0 unspecified atom stereocenters. The zero-order chi connectivity index (χ0) is 23.6. The van der Waals surface area contributed by atoms with Crippen molar-refractivity contribution in [1.29, 1.82) is 0 Å². The van der Waals surface area contributed by atoms with Gasteiger partial charge in [-0.25, -0.2) is 5.43 Å². The van der Waals surface area contributed by atoms with Gasteiger partial charge in [-0.05, 0) is 47.0 Å². The Labute approximate surface area is 200 Å². The van der Waals surface area contributed by atoms with E-state index in [1.807, 2.05) is 72.8 Å². The van der Waals surface area contributed by atoms with Crippen molar-refractivity contribution in [2.45, 2.75) is 13.2 Å². The molecule has 176 valence electrons. The van der Waals surface area contributed by atoms with Gasteiger partial charge in [0.05, 0.1) is 26.5 Å². The van der Waals surface area contributed by atoms with Crippen LogP contribution < -0.4 is 14.9 Å². The van der Waals surface area contributed by atoms with E-state index < -0.39 is 0 Å². The lowest BCUT2D eigenvalue weighted by molar-refractivity contribution is 0.0342. The van der Waals surface area contributed by atoms with E-state index >= 15 is 0 Å². The molecule has 1 N–H and O–H groups in total. The van der Waals surface area contributed by atoms with Crippen molar-refractivity contribution in [2.75, 3.05) is 33.4 Å². The fourth-order valence-corrected chi connectivity index (χ4v) is 3.63. The maximum atomic E-state index is 12.4. The number of nitrogens with zero attached hydrogens (tertiary/aromatic N) is 2. The fourth-order valence-electron chi connectivity index (χ4n) is 3.63. The summed E-state index contributed by atoms with van der Waals surface area (Å²) in [4.78, 5) is 14.8. The molecule has 7 nitrogen and oxygen atoms in total. The summed E-state index contributed by atoms with van der Waals surface area (Å²) < 4.78 is 16.7. The third-order valence-corrected chi connectivity index (χ3v) is 5.53. The second kappa shape index (κ2) is 12.0. The Morgan fingerprint density at radius 2 is 1.76 bits per heavy atom. The predicted molar refractivity (Wildman–Crippen MR) is 131 cm³/mol. The molecule has 34 heavy (non-hydrogen) atoms. The molecule has 1 saturated heterocycles. The molecule has 1 heterocycles. The van der Waals surface area contributed by atoms with Crippen LogP contribution in [0, 0.1) is 0 Å². The van der Waals surface area contributed by atoms with Crippen molar-refractivity contribution < 1.29 is 19.0 Å². The standard InChI is InChI=1S/C27H29N3O4/c1-32-26-17-23(9-12-25(26)34-20-22-5-3-2-4-6-22)18-28-29-27(31)24-10-7-21(8-11-24)19-30-13-15-33-16-14-30/h2-12,17-18H,13-16,19-20H2,1H3,(H,29,31)/b28-18-. The van der Waals surface area contributed by atoms with E-state index in [1.54, 1.807) is 13.3 Å². The van der Waals surface area contributed by atoms with Crippen molar-refractivity contribution in [3.05, 3.63) is 95.1 Å². The van der Waals surface area contributed by atoms with Crippen LogP contribution in [-0.2, 0) is 17.9 Å². The first-order valence-electron chi connectivity index (χ1n) is 11.3. The van der Waals surface area contributed by atoms with Crippen LogP contribution in [-0.4, -0.2) is 50.4 Å². The minimum Gasteiger partial charge on any atom is -0.493 e. The Kier molecular flexibility index (Phi) is 8.27. The van der Waals surface area contributed by atoms with Crippen molar-refractivity contribution in [3.8, 4) is 11.5 Å². The first-order chi connectivity index (χ1) is 16.7. The van der Waals surface area contributed by atoms with Gasteiger partial charge in [0.15, 0.2) is 11.5 Å². The highest BCUT2D eigenvalue weighted by Gasteiger charge is 2.11.